The number of rotatable bonds is 4. The summed E-state index contributed by atoms with van der Waals surface area (Å²) < 4.78 is 5.02. The van der Waals surface area contributed by atoms with Crippen molar-refractivity contribution in [2.24, 2.45) is 0 Å². The van der Waals surface area contributed by atoms with Crippen molar-refractivity contribution in [3.63, 3.8) is 0 Å². The quantitative estimate of drug-likeness (QED) is 0.840. The number of aliphatic hydroxyl groups excluding tert-OH is 1. The molecule has 0 saturated carbocycles. The summed E-state index contributed by atoms with van der Waals surface area (Å²) in [4.78, 5) is 0. The first-order chi connectivity index (χ1) is 8.67. The van der Waals surface area contributed by atoms with Crippen LogP contribution in [0.25, 0.3) is 11.1 Å². The number of benzene rings is 1. The van der Waals surface area contributed by atoms with E-state index in [1.165, 1.54) is 18.4 Å². The van der Waals surface area contributed by atoms with Crippen LogP contribution in [0.3, 0.4) is 0 Å². The van der Waals surface area contributed by atoms with Crippen molar-refractivity contribution < 1.29 is 9.84 Å². The highest BCUT2D eigenvalue weighted by Gasteiger charge is 2.19. The second-order valence-electron chi connectivity index (χ2n) is 3.74. The summed E-state index contributed by atoms with van der Waals surface area (Å²) in [5.74, 6) is 0. The Morgan fingerprint density at radius 1 is 1.33 bits per heavy atom. The minimum Gasteiger partial charge on any atom is -0.380 e. The molecule has 3 nitrogen and oxygen atoms in total. The standard InChI is InChI=1S/C13H14ClNO2S/c1-15-12-11(13(16)17-2)10(7-18-12)8-3-5-9(14)6-4-8/h3-7,13,15-16H,1-2H3. The molecule has 0 radical (unpaired) electrons. The van der Waals surface area contributed by atoms with Crippen LogP contribution in [0.1, 0.15) is 11.9 Å². The van der Waals surface area contributed by atoms with Gasteiger partial charge in [-0.1, -0.05) is 23.7 Å². The number of halogens is 1. The Bertz CT molecular complexity index is 524. The van der Waals surface area contributed by atoms with Gasteiger partial charge in [-0.2, -0.15) is 0 Å². The minimum absolute atomic E-state index is 0.691. The van der Waals surface area contributed by atoms with Crippen LogP contribution in [0.5, 0.6) is 0 Å². The number of hydrogen-bond acceptors (Lipinski definition) is 4. The van der Waals surface area contributed by atoms with E-state index < -0.39 is 6.29 Å². The van der Waals surface area contributed by atoms with Gasteiger partial charge in [-0.05, 0) is 17.7 Å². The molecule has 1 atom stereocenters. The second kappa shape index (κ2) is 5.71. The van der Waals surface area contributed by atoms with Gasteiger partial charge >= 0.3 is 0 Å². The predicted octanol–water partition coefficient (Wildman–Crippen LogP) is 3.75. The average molecular weight is 284 g/mol. The molecule has 0 amide bonds. The maximum Gasteiger partial charge on any atom is 0.184 e. The van der Waals surface area contributed by atoms with Crippen molar-refractivity contribution in [1.29, 1.82) is 0 Å². The smallest absolute Gasteiger partial charge is 0.184 e. The third kappa shape index (κ3) is 2.52. The fourth-order valence-electron chi connectivity index (χ4n) is 1.78. The summed E-state index contributed by atoms with van der Waals surface area (Å²) in [6.07, 6.45) is -0.940. The van der Waals surface area contributed by atoms with E-state index in [2.05, 4.69) is 5.32 Å². The molecule has 2 aromatic rings. The molecular weight excluding hydrogens is 270 g/mol. The fourth-order valence-corrected chi connectivity index (χ4v) is 2.86. The van der Waals surface area contributed by atoms with Crippen molar-refractivity contribution in [2.45, 2.75) is 6.29 Å². The maximum atomic E-state index is 9.95. The lowest BCUT2D eigenvalue weighted by molar-refractivity contribution is -0.0758. The number of thiophene rings is 1. The Labute approximate surface area is 115 Å². The van der Waals surface area contributed by atoms with E-state index in [0.717, 1.165) is 21.7 Å². The van der Waals surface area contributed by atoms with Crippen LogP contribution >= 0.6 is 22.9 Å². The maximum absolute atomic E-state index is 9.95. The van der Waals surface area contributed by atoms with Gasteiger partial charge in [-0.25, -0.2) is 0 Å². The van der Waals surface area contributed by atoms with E-state index in [0.29, 0.717) is 5.02 Å². The molecule has 18 heavy (non-hydrogen) atoms. The van der Waals surface area contributed by atoms with Crippen molar-refractivity contribution in [3.05, 3.63) is 40.2 Å². The highest BCUT2D eigenvalue weighted by Crippen LogP contribution is 2.39. The Hall–Kier alpha value is -1.07. The Morgan fingerprint density at radius 2 is 2.00 bits per heavy atom. The van der Waals surface area contributed by atoms with Crippen LogP contribution in [0.4, 0.5) is 5.00 Å². The predicted molar refractivity (Wildman–Crippen MR) is 76.3 cm³/mol. The first-order valence-electron chi connectivity index (χ1n) is 5.43. The highest BCUT2D eigenvalue weighted by molar-refractivity contribution is 7.14. The van der Waals surface area contributed by atoms with Crippen LogP contribution in [0.15, 0.2) is 29.6 Å². The second-order valence-corrected chi connectivity index (χ2v) is 5.05. The third-order valence-electron chi connectivity index (χ3n) is 2.68. The number of nitrogens with one attached hydrogen (secondary N) is 1. The van der Waals surface area contributed by atoms with Gasteiger partial charge in [0.15, 0.2) is 6.29 Å². The van der Waals surface area contributed by atoms with Crippen LogP contribution in [0, 0.1) is 0 Å². The molecule has 0 fully saturated rings. The Balaban J connectivity index is 2.50. The van der Waals surface area contributed by atoms with Crippen molar-refractivity contribution in [3.8, 4) is 11.1 Å². The van der Waals surface area contributed by atoms with Gasteiger partial charge in [0.25, 0.3) is 0 Å². The molecule has 0 bridgehead atoms. The van der Waals surface area contributed by atoms with Gasteiger partial charge in [0.2, 0.25) is 0 Å². The van der Waals surface area contributed by atoms with E-state index >= 15 is 0 Å². The van der Waals surface area contributed by atoms with E-state index in [4.69, 9.17) is 16.3 Å². The molecule has 0 aliphatic heterocycles. The Morgan fingerprint density at radius 3 is 2.56 bits per heavy atom. The summed E-state index contributed by atoms with van der Waals surface area (Å²) in [6.45, 7) is 0. The van der Waals surface area contributed by atoms with Crippen molar-refractivity contribution >= 4 is 27.9 Å². The molecule has 5 heteroatoms. The lowest BCUT2D eigenvalue weighted by atomic mass is 10.0. The number of aliphatic hydroxyl groups is 1. The van der Waals surface area contributed by atoms with E-state index in [9.17, 15) is 5.11 Å². The number of ether oxygens (including phenoxy) is 1. The summed E-state index contributed by atoms with van der Waals surface area (Å²) in [6, 6.07) is 7.51. The number of methoxy groups -OCH3 is 1. The number of anilines is 1. The molecule has 0 saturated heterocycles. The molecule has 2 rings (SSSR count). The summed E-state index contributed by atoms with van der Waals surface area (Å²) in [5.41, 5.74) is 2.71. The average Bonchev–Trinajstić information content (AvgIpc) is 2.82. The molecule has 2 N–H and O–H groups in total. The molecule has 1 heterocycles. The normalized spacial score (nSPS) is 12.4. The molecule has 96 valence electrons. The molecule has 0 aliphatic rings. The van der Waals surface area contributed by atoms with Crippen LogP contribution in [-0.2, 0) is 4.74 Å². The lowest BCUT2D eigenvalue weighted by Crippen LogP contribution is -2.03. The fraction of sp³-hybridized carbons (Fsp3) is 0.231. The summed E-state index contributed by atoms with van der Waals surface area (Å²) >= 11 is 7.41. The van der Waals surface area contributed by atoms with Gasteiger partial charge in [0.1, 0.15) is 0 Å². The monoisotopic (exact) mass is 283 g/mol. The topological polar surface area (TPSA) is 41.5 Å². The summed E-state index contributed by atoms with van der Waals surface area (Å²) in [5, 5.41) is 16.6. The Kier molecular flexibility index (Phi) is 4.24. The van der Waals surface area contributed by atoms with Crippen molar-refractivity contribution in [1.82, 2.24) is 0 Å². The first-order valence-corrected chi connectivity index (χ1v) is 6.69. The van der Waals surface area contributed by atoms with Crippen molar-refractivity contribution in [2.75, 3.05) is 19.5 Å². The van der Waals surface area contributed by atoms with Gasteiger partial charge in [0, 0.05) is 35.7 Å². The lowest BCUT2D eigenvalue weighted by Gasteiger charge is -2.13. The highest BCUT2D eigenvalue weighted by atomic mass is 35.5. The molecule has 0 spiro atoms. The largest absolute Gasteiger partial charge is 0.380 e. The van der Waals surface area contributed by atoms with E-state index in [1.807, 2.05) is 36.7 Å². The minimum atomic E-state index is -0.940. The van der Waals surface area contributed by atoms with Gasteiger partial charge in [-0.3, -0.25) is 0 Å². The zero-order chi connectivity index (χ0) is 13.1. The van der Waals surface area contributed by atoms with Crippen LogP contribution in [-0.4, -0.2) is 19.3 Å². The third-order valence-corrected chi connectivity index (χ3v) is 3.95. The van der Waals surface area contributed by atoms with Gasteiger partial charge < -0.3 is 15.2 Å². The SMILES string of the molecule is CNc1scc(-c2ccc(Cl)cc2)c1C(O)OC. The van der Waals surface area contributed by atoms with Crippen LogP contribution in [0.2, 0.25) is 5.02 Å². The molecule has 0 aliphatic carbocycles. The zero-order valence-corrected chi connectivity index (χ0v) is 11.7. The zero-order valence-electron chi connectivity index (χ0n) is 10.1. The molecule has 1 unspecified atom stereocenters. The van der Waals surface area contributed by atoms with E-state index in [-0.39, 0.29) is 0 Å². The summed E-state index contributed by atoms with van der Waals surface area (Å²) in [7, 11) is 3.30. The van der Waals surface area contributed by atoms with E-state index in [1.54, 1.807) is 0 Å². The van der Waals surface area contributed by atoms with Crippen LogP contribution < -0.4 is 5.32 Å². The molecular formula is C13H14ClNO2S. The number of hydrogen-bond donors (Lipinski definition) is 2. The van der Waals surface area contributed by atoms with Gasteiger partial charge in [-0.15, -0.1) is 11.3 Å². The van der Waals surface area contributed by atoms with Gasteiger partial charge in [0.05, 0.1) is 5.00 Å². The first kappa shape index (κ1) is 13.4. The molecule has 1 aromatic carbocycles. The molecule has 1 aromatic heterocycles.